The molecular weight excluding hydrogens is 683 g/mol. The number of hydrogen-bond donors (Lipinski definition) is 3. The second-order valence-electron chi connectivity index (χ2n) is 16.7. The third kappa shape index (κ3) is 32.0. The summed E-state index contributed by atoms with van der Waals surface area (Å²) in [6.07, 6.45) is 39.7. The first kappa shape index (κ1) is 53.3. The summed E-state index contributed by atoms with van der Waals surface area (Å²) in [6.45, 7) is 12.4. The van der Waals surface area contributed by atoms with Crippen molar-refractivity contribution >= 4 is 11.9 Å². The largest absolute Gasteiger partial charge is 0.478 e. The van der Waals surface area contributed by atoms with Gasteiger partial charge in [-0.15, -0.1) is 0 Å². The minimum Gasteiger partial charge on any atom is -0.478 e. The van der Waals surface area contributed by atoms with Gasteiger partial charge in [0.25, 0.3) is 0 Å². The molecule has 0 aromatic carbocycles. The van der Waals surface area contributed by atoms with E-state index in [1.807, 2.05) is 0 Å². The van der Waals surface area contributed by atoms with Gasteiger partial charge in [-0.25, -0.2) is 9.59 Å². The predicted octanol–water partition coefficient (Wildman–Crippen LogP) is 14.8. The smallest absolute Gasteiger partial charge is 0.331 e. The predicted molar refractivity (Wildman–Crippen MR) is 237 cm³/mol. The number of unbranched alkanes of at least 4 members (excludes halogenated alkanes) is 22. The minimum atomic E-state index is -0.681. The lowest BCUT2D eigenvalue weighted by Crippen LogP contribution is -2.27. The number of hydrogen-bond acceptors (Lipinski definition) is 4. The first-order chi connectivity index (χ1) is 26.9. The van der Waals surface area contributed by atoms with Gasteiger partial charge in [0, 0.05) is 24.3 Å². The van der Waals surface area contributed by atoms with Crippen LogP contribution in [0.2, 0.25) is 0 Å². The first-order valence-corrected chi connectivity index (χ1v) is 24.1. The maximum Gasteiger partial charge on any atom is 0.331 e. The molecule has 55 heavy (non-hydrogen) atoms. The Kier molecular flexibility index (Phi) is 39.3. The lowest BCUT2D eigenvalue weighted by Gasteiger charge is -2.22. The molecule has 324 valence electrons. The zero-order valence-corrected chi connectivity index (χ0v) is 37.2. The van der Waals surface area contributed by atoms with Crippen molar-refractivity contribution in [2.45, 2.75) is 252 Å². The van der Waals surface area contributed by atoms with Gasteiger partial charge in [-0.2, -0.15) is 0 Å². The van der Waals surface area contributed by atoms with Crippen molar-refractivity contribution in [2.24, 2.45) is 0 Å². The quantitative estimate of drug-likeness (QED) is 0.0421. The number of aliphatic hydroxyl groups is 1. The van der Waals surface area contributed by atoms with Gasteiger partial charge in [-0.05, 0) is 109 Å². The molecule has 0 bridgehead atoms. The standard InChI is InChI=1S/C49H93NO5/c1-5-9-27-36-44(34-11-7-3)46(48(52)53)38-29-23-19-15-13-17-21-25-31-40-50(42-33-43-51)41-32-26-22-18-14-16-20-24-30-39-47(49(54)55)45(35-12-8-4)37-28-10-6-2/h51H,5-43H2,1-4H3,(H,52,53)(H,54,55)/b46-44+,47-45+. The van der Waals surface area contributed by atoms with Gasteiger partial charge in [-0.3, -0.25) is 0 Å². The van der Waals surface area contributed by atoms with E-state index in [1.165, 1.54) is 127 Å². The molecule has 0 spiro atoms. The molecule has 0 unspecified atom stereocenters. The van der Waals surface area contributed by atoms with Crippen LogP contribution >= 0.6 is 0 Å². The Morgan fingerprint density at radius 3 is 0.927 bits per heavy atom. The van der Waals surface area contributed by atoms with Crippen LogP contribution in [0.15, 0.2) is 22.3 Å². The lowest BCUT2D eigenvalue weighted by molar-refractivity contribution is -0.133. The van der Waals surface area contributed by atoms with Gasteiger partial charge in [0.2, 0.25) is 0 Å². The number of rotatable bonds is 43. The van der Waals surface area contributed by atoms with E-state index in [2.05, 4.69) is 32.6 Å². The van der Waals surface area contributed by atoms with Crippen molar-refractivity contribution < 1.29 is 24.9 Å². The van der Waals surface area contributed by atoms with Crippen LogP contribution in [0.5, 0.6) is 0 Å². The molecule has 6 heteroatoms. The molecule has 0 aromatic heterocycles. The third-order valence-corrected chi connectivity index (χ3v) is 11.6. The minimum absolute atomic E-state index is 0.274. The average molecular weight is 776 g/mol. The number of allylic oxidation sites excluding steroid dienone is 2. The highest BCUT2D eigenvalue weighted by atomic mass is 16.4. The summed E-state index contributed by atoms with van der Waals surface area (Å²) in [5.41, 5.74) is 3.89. The van der Waals surface area contributed by atoms with Crippen LogP contribution < -0.4 is 0 Å². The Morgan fingerprint density at radius 1 is 0.345 bits per heavy atom. The fourth-order valence-corrected chi connectivity index (χ4v) is 8.06. The molecule has 0 saturated heterocycles. The van der Waals surface area contributed by atoms with Gasteiger partial charge in [0.15, 0.2) is 0 Å². The highest BCUT2D eigenvalue weighted by Gasteiger charge is 2.15. The Hall–Kier alpha value is -1.66. The van der Waals surface area contributed by atoms with Crippen LogP contribution in [0.25, 0.3) is 0 Å². The summed E-state index contributed by atoms with van der Waals surface area (Å²) in [4.78, 5) is 26.7. The molecule has 0 aliphatic rings. The zero-order chi connectivity index (χ0) is 40.6. The molecular formula is C49H93NO5. The Morgan fingerprint density at radius 2 is 0.618 bits per heavy atom. The summed E-state index contributed by atoms with van der Waals surface area (Å²) in [7, 11) is 0. The number of carbonyl (C=O) groups is 2. The van der Waals surface area contributed by atoms with Crippen LogP contribution in [0.4, 0.5) is 0 Å². The molecule has 0 amide bonds. The van der Waals surface area contributed by atoms with Gasteiger partial charge in [-0.1, -0.05) is 167 Å². The van der Waals surface area contributed by atoms with Crippen LogP contribution in [-0.4, -0.2) is 58.4 Å². The SMILES string of the molecule is CCCCC/C(CCCC)=C(\CCCCCCCCCCCN(CCCO)CCCCCCCCCCC/C(C(=O)O)=C(/CCCC)CCCCC)C(=O)O. The molecule has 0 aliphatic heterocycles. The van der Waals surface area contributed by atoms with E-state index in [0.717, 1.165) is 140 Å². The molecule has 0 aromatic rings. The summed E-state index contributed by atoms with van der Waals surface area (Å²) in [5, 5.41) is 29.2. The van der Waals surface area contributed by atoms with E-state index < -0.39 is 11.9 Å². The van der Waals surface area contributed by atoms with Gasteiger partial charge < -0.3 is 20.2 Å². The van der Waals surface area contributed by atoms with Crippen LogP contribution in [0.1, 0.15) is 252 Å². The van der Waals surface area contributed by atoms with E-state index in [1.54, 1.807) is 0 Å². The van der Waals surface area contributed by atoms with Crippen molar-refractivity contribution in [3.05, 3.63) is 22.3 Å². The zero-order valence-electron chi connectivity index (χ0n) is 37.2. The fourth-order valence-electron chi connectivity index (χ4n) is 8.06. The molecule has 0 radical (unpaired) electrons. The van der Waals surface area contributed by atoms with Crippen LogP contribution in [0, 0.1) is 0 Å². The Labute approximate surface area is 341 Å². The second-order valence-corrected chi connectivity index (χ2v) is 16.7. The van der Waals surface area contributed by atoms with Gasteiger partial charge in [0.1, 0.15) is 0 Å². The van der Waals surface area contributed by atoms with Crippen LogP contribution in [0.3, 0.4) is 0 Å². The third-order valence-electron chi connectivity index (χ3n) is 11.6. The molecule has 0 aliphatic carbocycles. The first-order valence-electron chi connectivity index (χ1n) is 24.1. The average Bonchev–Trinajstić information content (AvgIpc) is 3.17. The van der Waals surface area contributed by atoms with Crippen molar-refractivity contribution in [3.8, 4) is 0 Å². The van der Waals surface area contributed by atoms with E-state index >= 15 is 0 Å². The summed E-state index contributed by atoms with van der Waals surface area (Å²) < 4.78 is 0. The van der Waals surface area contributed by atoms with Crippen molar-refractivity contribution in [1.29, 1.82) is 0 Å². The molecule has 0 heterocycles. The molecule has 0 saturated carbocycles. The summed E-state index contributed by atoms with van der Waals surface area (Å²) in [5.74, 6) is -1.36. The lowest BCUT2D eigenvalue weighted by atomic mass is 9.93. The topological polar surface area (TPSA) is 98.1 Å². The fraction of sp³-hybridized carbons (Fsp3) is 0.878. The van der Waals surface area contributed by atoms with E-state index in [9.17, 15) is 24.9 Å². The number of aliphatic carboxylic acids is 2. The summed E-state index contributed by atoms with van der Waals surface area (Å²) in [6, 6.07) is 0. The highest BCUT2D eigenvalue weighted by Crippen LogP contribution is 2.26. The Balaban J connectivity index is 4.13. The molecule has 0 fully saturated rings. The van der Waals surface area contributed by atoms with E-state index in [0.29, 0.717) is 0 Å². The molecule has 6 nitrogen and oxygen atoms in total. The second kappa shape index (κ2) is 40.5. The number of aliphatic hydroxyl groups excluding tert-OH is 1. The monoisotopic (exact) mass is 776 g/mol. The Bertz CT molecular complexity index is 885. The summed E-state index contributed by atoms with van der Waals surface area (Å²) >= 11 is 0. The van der Waals surface area contributed by atoms with Crippen molar-refractivity contribution in [2.75, 3.05) is 26.2 Å². The van der Waals surface area contributed by atoms with E-state index in [-0.39, 0.29) is 6.61 Å². The maximum atomic E-state index is 12.1. The maximum absolute atomic E-state index is 12.1. The van der Waals surface area contributed by atoms with Crippen LogP contribution in [-0.2, 0) is 9.59 Å². The van der Waals surface area contributed by atoms with Gasteiger partial charge in [0.05, 0.1) is 0 Å². The van der Waals surface area contributed by atoms with Crippen molar-refractivity contribution in [3.63, 3.8) is 0 Å². The normalized spacial score (nSPS) is 12.7. The van der Waals surface area contributed by atoms with Gasteiger partial charge >= 0.3 is 11.9 Å². The number of carboxylic acids is 2. The number of carboxylic acid groups (broad SMARTS) is 2. The highest BCUT2D eigenvalue weighted by molar-refractivity contribution is 5.88. The molecule has 0 rings (SSSR count). The molecule has 3 N–H and O–H groups in total. The molecule has 0 atom stereocenters. The number of nitrogens with zero attached hydrogens (tertiary/aromatic N) is 1. The van der Waals surface area contributed by atoms with Crippen molar-refractivity contribution in [1.82, 2.24) is 4.90 Å². The van der Waals surface area contributed by atoms with E-state index in [4.69, 9.17) is 0 Å².